The summed E-state index contributed by atoms with van der Waals surface area (Å²) in [6, 6.07) is 0.277. The van der Waals surface area contributed by atoms with Crippen LogP contribution in [-0.4, -0.2) is 40.2 Å². The van der Waals surface area contributed by atoms with E-state index < -0.39 is 0 Å². The number of esters is 1. The number of likely N-dealkylation sites (tertiary alicyclic amines) is 1. The van der Waals surface area contributed by atoms with Crippen LogP contribution in [0.4, 0.5) is 0 Å². The summed E-state index contributed by atoms with van der Waals surface area (Å²) in [4.78, 5) is 18.8. The second-order valence-corrected chi connectivity index (χ2v) is 6.41. The van der Waals surface area contributed by atoms with Crippen LogP contribution in [-0.2, 0) is 22.5 Å². The van der Waals surface area contributed by atoms with E-state index in [1.165, 1.54) is 26.4 Å². The maximum Gasteiger partial charge on any atom is 0.323 e. The first-order valence-corrected chi connectivity index (χ1v) is 8.38. The topological polar surface area (TPSA) is 68.5 Å². The van der Waals surface area contributed by atoms with E-state index in [-0.39, 0.29) is 12.0 Å². The predicted molar refractivity (Wildman–Crippen MR) is 80.0 cm³/mol. The molecule has 3 rings (SSSR count). The number of aromatic nitrogens is 2. The third kappa shape index (κ3) is 3.02. The average Bonchev–Trinajstić information content (AvgIpc) is 3.13. The number of nitrogens with zero attached hydrogens (tertiary/aromatic N) is 3. The maximum atomic E-state index is 12.1. The Morgan fingerprint density at radius 2 is 2.23 bits per heavy atom. The second kappa shape index (κ2) is 6.77. The molecule has 6 heteroatoms. The molecular formula is C16H25N3O3. The van der Waals surface area contributed by atoms with Crippen molar-refractivity contribution in [1.29, 1.82) is 0 Å². The third-order valence-corrected chi connectivity index (χ3v) is 5.00. The van der Waals surface area contributed by atoms with E-state index in [0.717, 1.165) is 31.5 Å². The molecule has 0 spiro atoms. The summed E-state index contributed by atoms with van der Waals surface area (Å²) in [7, 11) is 1.47. The summed E-state index contributed by atoms with van der Waals surface area (Å²) in [5.74, 6) is 1.83. The van der Waals surface area contributed by atoms with E-state index >= 15 is 0 Å². The van der Waals surface area contributed by atoms with Gasteiger partial charge in [0.2, 0.25) is 5.89 Å². The number of carbonyl (C=O) groups excluding carboxylic acids is 1. The van der Waals surface area contributed by atoms with Crippen molar-refractivity contribution in [3.8, 4) is 0 Å². The predicted octanol–water partition coefficient (Wildman–Crippen LogP) is 2.33. The van der Waals surface area contributed by atoms with Gasteiger partial charge in [-0.15, -0.1) is 0 Å². The first-order valence-electron chi connectivity index (χ1n) is 8.38. The number of aryl methyl sites for hydroxylation is 1. The molecule has 0 bridgehead atoms. The Bertz CT molecular complexity index is 516. The summed E-state index contributed by atoms with van der Waals surface area (Å²) >= 11 is 0. The van der Waals surface area contributed by atoms with Gasteiger partial charge in [0, 0.05) is 12.5 Å². The Balaban J connectivity index is 1.75. The molecule has 1 saturated carbocycles. The number of carbonyl (C=O) groups is 1. The van der Waals surface area contributed by atoms with Gasteiger partial charge in [0.25, 0.3) is 0 Å². The molecule has 22 heavy (non-hydrogen) atoms. The number of rotatable bonds is 5. The zero-order valence-electron chi connectivity index (χ0n) is 13.5. The van der Waals surface area contributed by atoms with Gasteiger partial charge in [-0.25, -0.2) is 0 Å². The van der Waals surface area contributed by atoms with Gasteiger partial charge >= 0.3 is 5.97 Å². The number of methoxy groups -OCH3 is 1. The van der Waals surface area contributed by atoms with E-state index in [1.54, 1.807) is 0 Å². The Morgan fingerprint density at radius 3 is 3.00 bits per heavy atom. The molecule has 0 amide bonds. The second-order valence-electron chi connectivity index (χ2n) is 6.41. The number of hydrogen-bond acceptors (Lipinski definition) is 6. The van der Waals surface area contributed by atoms with E-state index in [4.69, 9.17) is 9.26 Å². The Hall–Kier alpha value is -1.43. The summed E-state index contributed by atoms with van der Waals surface area (Å²) in [6.45, 7) is 2.65. The molecule has 2 heterocycles. The van der Waals surface area contributed by atoms with Gasteiger partial charge in [-0.05, 0) is 31.6 Å². The fraction of sp³-hybridized carbons (Fsp3) is 0.812. The van der Waals surface area contributed by atoms with Crippen molar-refractivity contribution in [2.45, 2.75) is 70.5 Å². The van der Waals surface area contributed by atoms with Crippen LogP contribution in [0.1, 0.15) is 57.2 Å². The van der Waals surface area contributed by atoms with Gasteiger partial charge in [-0.2, -0.15) is 4.98 Å². The third-order valence-electron chi connectivity index (χ3n) is 5.00. The van der Waals surface area contributed by atoms with Gasteiger partial charge in [-0.3, -0.25) is 9.69 Å². The van der Waals surface area contributed by atoms with Crippen LogP contribution in [0, 0.1) is 5.92 Å². The summed E-state index contributed by atoms with van der Waals surface area (Å²) in [5, 5.41) is 4.01. The monoisotopic (exact) mass is 307 g/mol. The lowest BCUT2D eigenvalue weighted by molar-refractivity contribution is -0.146. The molecular weight excluding hydrogens is 282 g/mol. The van der Waals surface area contributed by atoms with E-state index in [0.29, 0.717) is 24.4 Å². The van der Waals surface area contributed by atoms with E-state index in [9.17, 15) is 4.79 Å². The average molecular weight is 307 g/mol. The molecule has 1 saturated heterocycles. The highest BCUT2D eigenvalue weighted by molar-refractivity contribution is 5.76. The van der Waals surface area contributed by atoms with Gasteiger partial charge in [0.15, 0.2) is 5.82 Å². The van der Waals surface area contributed by atoms with Gasteiger partial charge < -0.3 is 9.26 Å². The molecule has 1 aromatic heterocycles. The first-order chi connectivity index (χ1) is 10.7. The van der Waals surface area contributed by atoms with Gasteiger partial charge in [-0.1, -0.05) is 24.9 Å². The van der Waals surface area contributed by atoms with Crippen LogP contribution in [0.2, 0.25) is 0 Å². The molecule has 0 radical (unpaired) electrons. The lowest BCUT2D eigenvalue weighted by atomic mass is 9.85. The molecule has 0 aromatic carbocycles. The molecule has 122 valence electrons. The van der Waals surface area contributed by atoms with Crippen LogP contribution in [0.5, 0.6) is 0 Å². The summed E-state index contributed by atoms with van der Waals surface area (Å²) in [5.41, 5.74) is 0. The zero-order chi connectivity index (χ0) is 15.5. The smallest absolute Gasteiger partial charge is 0.323 e. The SMILES string of the molecule is CCCc1noc(CN2[C@H](C(=O)OC)C[C@H]3CCCC[C@@H]32)n1. The minimum Gasteiger partial charge on any atom is -0.468 e. The minimum atomic E-state index is -0.167. The molecule has 1 aromatic rings. The maximum absolute atomic E-state index is 12.1. The zero-order valence-corrected chi connectivity index (χ0v) is 13.5. The summed E-state index contributed by atoms with van der Waals surface area (Å²) in [6.07, 6.45) is 7.58. The first kappa shape index (κ1) is 15.5. The fourth-order valence-electron chi connectivity index (χ4n) is 3.98. The van der Waals surface area contributed by atoms with Crippen LogP contribution < -0.4 is 0 Å². The van der Waals surface area contributed by atoms with Crippen LogP contribution in [0.3, 0.4) is 0 Å². The highest BCUT2D eigenvalue weighted by Crippen LogP contribution is 2.40. The van der Waals surface area contributed by atoms with Crippen LogP contribution in [0.25, 0.3) is 0 Å². The van der Waals surface area contributed by atoms with Gasteiger partial charge in [0.1, 0.15) is 6.04 Å². The molecule has 3 atom stereocenters. The standard InChI is InChI=1S/C16H25N3O3/c1-3-6-14-17-15(22-18-14)10-19-12-8-5-4-7-11(12)9-13(19)16(20)21-2/h11-13H,3-10H2,1-2H3/t11-,12+,13+/m1/s1. The van der Waals surface area contributed by atoms with Crippen LogP contribution in [0.15, 0.2) is 4.52 Å². The van der Waals surface area contributed by atoms with Crippen molar-refractivity contribution in [3.05, 3.63) is 11.7 Å². The normalized spacial score (nSPS) is 28.5. The van der Waals surface area contributed by atoms with E-state index in [2.05, 4.69) is 22.0 Å². The highest BCUT2D eigenvalue weighted by atomic mass is 16.5. The fourth-order valence-corrected chi connectivity index (χ4v) is 3.98. The van der Waals surface area contributed by atoms with E-state index in [1.807, 2.05) is 0 Å². The molecule has 1 aliphatic heterocycles. The molecule has 1 aliphatic carbocycles. The van der Waals surface area contributed by atoms with Crippen molar-refractivity contribution in [2.75, 3.05) is 7.11 Å². The number of hydrogen-bond donors (Lipinski definition) is 0. The van der Waals surface area contributed by atoms with Crippen molar-refractivity contribution < 1.29 is 14.1 Å². The van der Waals surface area contributed by atoms with Crippen molar-refractivity contribution in [3.63, 3.8) is 0 Å². The Morgan fingerprint density at radius 1 is 1.41 bits per heavy atom. The molecule has 2 aliphatic rings. The number of fused-ring (bicyclic) bond motifs is 1. The Kier molecular flexibility index (Phi) is 4.76. The minimum absolute atomic E-state index is 0.136. The molecule has 0 unspecified atom stereocenters. The van der Waals surface area contributed by atoms with Gasteiger partial charge in [0.05, 0.1) is 13.7 Å². The summed E-state index contributed by atoms with van der Waals surface area (Å²) < 4.78 is 10.4. The molecule has 2 fully saturated rings. The van der Waals surface area contributed by atoms with Crippen molar-refractivity contribution in [2.24, 2.45) is 5.92 Å². The van der Waals surface area contributed by atoms with Crippen LogP contribution >= 0.6 is 0 Å². The Labute approximate surface area is 131 Å². The lowest BCUT2D eigenvalue weighted by Crippen LogP contribution is -2.42. The molecule has 6 nitrogen and oxygen atoms in total. The number of ether oxygens (including phenoxy) is 1. The van der Waals surface area contributed by atoms with Crippen molar-refractivity contribution in [1.82, 2.24) is 15.0 Å². The molecule has 0 N–H and O–H groups in total. The van der Waals surface area contributed by atoms with Crippen molar-refractivity contribution >= 4 is 5.97 Å². The lowest BCUT2D eigenvalue weighted by Gasteiger charge is -2.32. The quantitative estimate of drug-likeness (QED) is 0.778. The largest absolute Gasteiger partial charge is 0.468 e. The highest BCUT2D eigenvalue weighted by Gasteiger charge is 2.46.